The van der Waals surface area contributed by atoms with Crippen molar-refractivity contribution in [3.05, 3.63) is 41.8 Å². The number of hydrogen-bond donors (Lipinski definition) is 4. The van der Waals surface area contributed by atoms with E-state index in [-0.39, 0.29) is 31.4 Å². The summed E-state index contributed by atoms with van der Waals surface area (Å²) in [7, 11) is 1.57. The highest BCUT2D eigenvalue weighted by atomic mass is 32.1. The number of methoxy groups -OCH3 is 1. The zero-order valence-electron chi connectivity index (χ0n) is 29.0. The number of carboxylic acids is 1. The number of ether oxygens (including phenoxy) is 3. The highest BCUT2D eigenvalue weighted by Crippen LogP contribution is 2.45. The number of nitrogens with zero attached hydrogens (tertiary/aromatic N) is 3. The van der Waals surface area contributed by atoms with Crippen LogP contribution in [0.3, 0.4) is 0 Å². The molecule has 14 nitrogen and oxygen atoms in total. The molecule has 1 saturated heterocycles. The first-order valence-corrected chi connectivity index (χ1v) is 18.9. The maximum absolute atomic E-state index is 14.5. The second kappa shape index (κ2) is 15.0. The van der Waals surface area contributed by atoms with E-state index in [2.05, 4.69) is 15.6 Å². The van der Waals surface area contributed by atoms with Gasteiger partial charge in [0.05, 0.1) is 24.9 Å². The molecule has 1 unspecified atom stereocenters. The van der Waals surface area contributed by atoms with Gasteiger partial charge >= 0.3 is 12.1 Å². The third kappa shape index (κ3) is 7.50. The monoisotopic (exact) mass is 732 g/mol. The summed E-state index contributed by atoms with van der Waals surface area (Å²) in [5.74, 6) is -1.44. The summed E-state index contributed by atoms with van der Waals surface area (Å²) in [6.45, 7) is 0.0229. The molecule has 2 aromatic heterocycles. The average molecular weight is 733 g/mol. The number of benzene rings is 1. The van der Waals surface area contributed by atoms with E-state index in [1.807, 2.05) is 18.2 Å². The van der Waals surface area contributed by atoms with Crippen molar-refractivity contribution in [1.29, 1.82) is 0 Å². The van der Waals surface area contributed by atoms with Crippen molar-refractivity contribution in [2.45, 2.75) is 100 Å². The van der Waals surface area contributed by atoms with Crippen LogP contribution in [-0.2, 0) is 19.1 Å². The topological polar surface area (TPSA) is 195 Å². The molecule has 276 valence electrons. The molecule has 2 aliphatic heterocycles. The van der Waals surface area contributed by atoms with E-state index < -0.39 is 47.6 Å². The molecule has 3 amide bonds. The largest absolute Gasteiger partial charge is 0.497 e. The Balaban J connectivity index is 1.20. The molecule has 5 atom stereocenters. The van der Waals surface area contributed by atoms with Crippen LogP contribution in [0.5, 0.6) is 11.5 Å². The van der Waals surface area contributed by atoms with Crippen LogP contribution in [0.1, 0.15) is 70.6 Å². The molecule has 7 rings (SSSR count). The van der Waals surface area contributed by atoms with Crippen LogP contribution < -0.4 is 25.8 Å². The summed E-state index contributed by atoms with van der Waals surface area (Å²) in [4.78, 5) is 64.8. The Morgan fingerprint density at radius 1 is 1.06 bits per heavy atom. The number of thiazole rings is 1. The number of nitrogens with one attached hydrogen (secondary N) is 2. The number of carbonyl (C=O) groups is 4. The van der Waals surface area contributed by atoms with Crippen LogP contribution in [0.2, 0.25) is 0 Å². The zero-order valence-corrected chi connectivity index (χ0v) is 29.9. The van der Waals surface area contributed by atoms with Gasteiger partial charge in [0.1, 0.15) is 47.0 Å². The summed E-state index contributed by atoms with van der Waals surface area (Å²) in [5, 5.41) is 18.7. The first-order valence-electron chi connectivity index (χ1n) is 18.0. The molecule has 3 aromatic rings. The highest BCUT2D eigenvalue weighted by Gasteiger charge is 2.61. The number of amides is 3. The number of pyridine rings is 1. The van der Waals surface area contributed by atoms with Crippen molar-refractivity contribution in [2.24, 2.45) is 5.92 Å². The zero-order chi connectivity index (χ0) is 36.4. The maximum atomic E-state index is 14.5. The molecule has 5 N–H and O–H groups in total. The first-order chi connectivity index (χ1) is 25.1. The van der Waals surface area contributed by atoms with Gasteiger partial charge in [-0.2, -0.15) is 0 Å². The Hall–Kier alpha value is -4.92. The lowest BCUT2D eigenvalue weighted by molar-refractivity contribution is -0.145. The number of aliphatic carboxylic acids is 1. The van der Waals surface area contributed by atoms with Crippen molar-refractivity contribution in [1.82, 2.24) is 25.5 Å². The van der Waals surface area contributed by atoms with Gasteiger partial charge in [-0.05, 0) is 63.5 Å². The van der Waals surface area contributed by atoms with Crippen molar-refractivity contribution < 1.29 is 38.5 Å². The van der Waals surface area contributed by atoms with E-state index in [1.165, 1.54) is 16.2 Å². The molecule has 2 aliphatic carbocycles. The molecule has 15 heteroatoms. The van der Waals surface area contributed by atoms with Gasteiger partial charge in [0.15, 0.2) is 5.13 Å². The molecule has 0 radical (unpaired) electrons. The van der Waals surface area contributed by atoms with Gasteiger partial charge in [-0.25, -0.2) is 19.6 Å². The van der Waals surface area contributed by atoms with Gasteiger partial charge in [0, 0.05) is 35.2 Å². The quantitative estimate of drug-likeness (QED) is 0.243. The lowest BCUT2D eigenvalue weighted by Crippen LogP contribution is -2.56. The SMILES string of the molecule is COc1ccc2c(O[C@@H]3C[C@H]4C(=O)N[C@]5(C(=O)O)CC5C=CCCCCC[C@H](NC(=O)OC5CCCC5)C(=O)N4C3)cc(-c3csc(N)n3)nc2c1. The van der Waals surface area contributed by atoms with Gasteiger partial charge in [0.25, 0.3) is 0 Å². The van der Waals surface area contributed by atoms with E-state index in [1.54, 1.807) is 30.7 Å². The van der Waals surface area contributed by atoms with Crippen molar-refractivity contribution in [2.75, 3.05) is 19.4 Å². The average Bonchev–Trinajstić information content (AvgIpc) is 3.54. The number of fused-ring (bicyclic) bond motifs is 3. The summed E-state index contributed by atoms with van der Waals surface area (Å²) in [6, 6.07) is 5.16. The third-order valence-electron chi connectivity index (χ3n) is 10.5. The van der Waals surface area contributed by atoms with Crippen LogP contribution in [0.25, 0.3) is 22.3 Å². The highest BCUT2D eigenvalue weighted by molar-refractivity contribution is 7.13. The lowest BCUT2D eigenvalue weighted by atomic mass is 10.0. The number of hydrogen-bond acceptors (Lipinski definition) is 11. The minimum atomic E-state index is -1.45. The van der Waals surface area contributed by atoms with Gasteiger partial charge in [-0.3, -0.25) is 9.59 Å². The fourth-order valence-corrected chi connectivity index (χ4v) is 8.15. The standard InChI is InChI=1S/C37H44N6O8S/c1-49-23-13-14-25-27(15-23)39-28(29-20-52-35(38)40-29)17-31(25)50-24-16-30-32(44)42-37(34(46)47)18-21(37)9-5-3-2-4-6-12-26(33(45)43(30)19-24)41-36(48)51-22-10-7-8-11-22/h5,9,13-15,17,20-22,24,26,30H,2-4,6-8,10-12,16,18-19H2,1H3,(H2,38,40)(H,41,48)(H,42,44)(H,46,47)/t21?,24-,26+,30+,37-/m1/s1. The van der Waals surface area contributed by atoms with Crippen molar-refractivity contribution in [3.8, 4) is 22.9 Å². The molecule has 3 fully saturated rings. The number of carbonyl (C=O) groups excluding carboxylic acids is 3. The smallest absolute Gasteiger partial charge is 0.408 e. The number of allylic oxidation sites excluding steroid dienone is 1. The molecule has 52 heavy (non-hydrogen) atoms. The number of nitrogens with two attached hydrogens (primary N) is 1. The molecular formula is C37H44N6O8S. The Bertz CT molecular complexity index is 1880. The molecule has 4 heterocycles. The molecule has 0 bridgehead atoms. The van der Waals surface area contributed by atoms with Gasteiger partial charge in [-0.15, -0.1) is 11.3 Å². The number of carboxylic acid groups (broad SMARTS) is 1. The molecular weight excluding hydrogens is 689 g/mol. The van der Waals surface area contributed by atoms with Crippen LogP contribution in [0.4, 0.5) is 9.93 Å². The second-order valence-corrected chi connectivity index (χ2v) is 15.0. The summed E-state index contributed by atoms with van der Waals surface area (Å²) in [5.41, 5.74) is 6.15. The number of aromatic nitrogens is 2. The van der Waals surface area contributed by atoms with Gasteiger partial charge in [-0.1, -0.05) is 25.0 Å². The predicted octanol–water partition coefficient (Wildman–Crippen LogP) is 4.81. The number of anilines is 1. The Morgan fingerprint density at radius 3 is 2.62 bits per heavy atom. The van der Waals surface area contributed by atoms with E-state index in [0.29, 0.717) is 51.8 Å². The minimum absolute atomic E-state index is 0.0229. The predicted molar refractivity (Wildman–Crippen MR) is 193 cm³/mol. The second-order valence-electron chi connectivity index (χ2n) is 14.1. The summed E-state index contributed by atoms with van der Waals surface area (Å²) in [6.07, 6.45) is 9.64. The maximum Gasteiger partial charge on any atom is 0.408 e. The fourth-order valence-electron chi connectivity index (χ4n) is 7.60. The van der Waals surface area contributed by atoms with Crippen molar-refractivity contribution in [3.63, 3.8) is 0 Å². The Morgan fingerprint density at radius 2 is 1.87 bits per heavy atom. The van der Waals surface area contributed by atoms with Crippen molar-refractivity contribution >= 4 is 51.2 Å². The fraction of sp³-hybridized carbons (Fsp3) is 0.514. The molecule has 0 spiro atoms. The minimum Gasteiger partial charge on any atom is -0.497 e. The van der Waals surface area contributed by atoms with Crippen LogP contribution >= 0.6 is 11.3 Å². The van der Waals surface area contributed by atoms with Crippen LogP contribution in [-0.4, -0.2) is 87.3 Å². The number of rotatable bonds is 7. The van der Waals surface area contributed by atoms with Gasteiger partial charge in [0.2, 0.25) is 11.8 Å². The lowest BCUT2D eigenvalue weighted by Gasteiger charge is -2.29. The normalized spacial score (nSPS) is 26.8. The number of alkyl carbamates (subject to hydrolysis) is 1. The summed E-state index contributed by atoms with van der Waals surface area (Å²) >= 11 is 1.28. The third-order valence-corrected chi connectivity index (χ3v) is 11.2. The molecule has 2 saturated carbocycles. The Kier molecular flexibility index (Phi) is 10.2. The Labute approximate surface area is 305 Å². The first kappa shape index (κ1) is 35.5. The van der Waals surface area contributed by atoms with Gasteiger partial charge < -0.3 is 40.6 Å². The number of nitrogen functional groups attached to an aromatic ring is 1. The molecule has 4 aliphatic rings. The van der Waals surface area contributed by atoms with E-state index in [4.69, 9.17) is 24.9 Å². The van der Waals surface area contributed by atoms with E-state index >= 15 is 0 Å². The summed E-state index contributed by atoms with van der Waals surface area (Å²) < 4.78 is 17.7. The van der Waals surface area contributed by atoms with Crippen LogP contribution in [0.15, 0.2) is 41.8 Å². The van der Waals surface area contributed by atoms with Crippen LogP contribution in [0, 0.1) is 5.92 Å². The molecule has 1 aromatic carbocycles. The van der Waals surface area contributed by atoms with E-state index in [0.717, 1.165) is 44.9 Å². The van der Waals surface area contributed by atoms with E-state index in [9.17, 15) is 24.3 Å².